The van der Waals surface area contributed by atoms with E-state index < -0.39 is 23.1 Å². The van der Waals surface area contributed by atoms with E-state index in [4.69, 9.17) is 4.74 Å². The molecule has 176 valence electrons. The molecule has 6 nitrogen and oxygen atoms in total. The lowest BCUT2D eigenvalue weighted by Crippen LogP contribution is -2.46. The number of aromatic carboxylic acids is 1. The van der Waals surface area contributed by atoms with Gasteiger partial charge in [-0.3, -0.25) is 4.79 Å². The maximum absolute atomic E-state index is 13.4. The Balaban J connectivity index is 1.48. The largest absolute Gasteiger partial charge is 0.478 e. The Hall–Kier alpha value is -2.13. The average molecular weight is 454 g/mol. The number of rotatable bonds is 4. The van der Waals surface area contributed by atoms with Gasteiger partial charge in [0.05, 0.1) is 11.1 Å². The van der Waals surface area contributed by atoms with Crippen molar-refractivity contribution in [1.29, 1.82) is 0 Å². The quantitative estimate of drug-likeness (QED) is 0.727. The van der Waals surface area contributed by atoms with E-state index in [2.05, 4.69) is 5.32 Å². The van der Waals surface area contributed by atoms with E-state index in [1.807, 2.05) is 6.92 Å². The zero-order valence-corrected chi connectivity index (χ0v) is 18.1. The molecular formula is C23H29F3N2O4. The number of hydrogen-bond acceptors (Lipinski definition) is 4. The molecule has 1 aromatic rings. The first-order chi connectivity index (χ1) is 15.1. The number of nitrogens with one attached hydrogen (secondary N) is 1. The van der Waals surface area contributed by atoms with Crippen molar-refractivity contribution in [3.05, 3.63) is 34.4 Å². The van der Waals surface area contributed by atoms with E-state index in [1.54, 1.807) is 4.90 Å². The number of ether oxygens (including phenoxy) is 1. The number of carbonyl (C=O) groups excluding carboxylic acids is 1. The fraction of sp³-hybridized carbons (Fsp3) is 0.652. The van der Waals surface area contributed by atoms with Crippen molar-refractivity contribution in [3.63, 3.8) is 0 Å². The third-order valence-corrected chi connectivity index (χ3v) is 7.13. The molecule has 2 N–H and O–H groups in total. The summed E-state index contributed by atoms with van der Waals surface area (Å²) in [7, 11) is 0. The highest BCUT2D eigenvalue weighted by Gasteiger charge is 2.44. The summed E-state index contributed by atoms with van der Waals surface area (Å²) < 4.78 is 45.3. The van der Waals surface area contributed by atoms with Gasteiger partial charge in [0.15, 0.2) is 0 Å². The van der Waals surface area contributed by atoms with Gasteiger partial charge in [0.25, 0.3) is 0 Å². The fourth-order valence-electron chi connectivity index (χ4n) is 5.38. The molecule has 9 heteroatoms. The molecule has 1 saturated heterocycles. The summed E-state index contributed by atoms with van der Waals surface area (Å²) in [6, 6.07) is 2.32. The van der Waals surface area contributed by atoms with Crippen molar-refractivity contribution in [1.82, 2.24) is 10.2 Å². The summed E-state index contributed by atoms with van der Waals surface area (Å²) in [6.07, 6.45) is -0.207. The highest BCUT2D eigenvalue weighted by Crippen LogP contribution is 2.41. The van der Waals surface area contributed by atoms with Gasteiger partial charge in [-0.1, -0.05) is 6.92 Å². The van der Waals surface area contributed by atoms with Crippen LogP contribution >= 0.6 is 0 Å². The van der Waals surface area contributed by atoms with Gasteiger partial charge in [-0.05, 0) is 61.8 Å². The Morgan fingerprint density at radius 2 is 1.91 bits per heavy atom. The molecule has 3 aliphatic rings. The Bertz CT molecular complexity index is 898. The number of halogens is 3. The minimum atomic E-state index is -4.65. The Morgan fingerprint density at radius 3 is 2.56 bits per heavy atom. The Labute approximate surface area is 185 Å². The molecule has 4 rings (SSSR count). The summed E-state index contributed by atoms with van der Waals surface area (Å²) >= 11 is 0. The molecule has 2 fully saturated rings. The number of carboxylic acids is 1. The number of benzene rings is 1. The molecule has 32 heavy (non-hydrogen) atoms. The third-order valence-electron chi connectivity index (χ3n) is 7.13. The normalized spacial score (nSPS) is 26.8. The third kappa shape index (κ3) is 4.64. The topological polar surface area (TPSA) is 78.9 Å². The second kappa shape index (κ2) is 8.67. The van der Waals surface area contributed by atoms with Crippen LogP contribution in [0.25, 0.3) is 0 Å². The highest BCUT2D eigenvalue weighted by atomic mass is 19.4. The van der Waals surface area contributed by atoms with E-state index in [0.717, 1.165) is 45.0 Å². The minimum Gasteiger partial charge on any atom is -0.478 e. The van der Waals surface area contributed by atoms with Gasteiger partial charge < -0.3 is 20.1 Å². The number of carbonyl (C=O) groups is 2. The van der Waals surface area contributed by atoms with Crippen molar-refractivity contribution in [2.24, 2.45) is 5.41 Å². The van der Waals surface area contributed by atoms with Gasteiger partial charge in [0.1, 0.15) is 0 Å². The van der Waals surface area contributed by atoms with Crippen molar-refractivity contribution in [3.8, 4) is 0 Å². The minimum absolute atomic E-state index is 0.00597. The SMILES string of the molecule is C[C@]1(C(=O)N2CCc3c(cc(C(F)(F)F)cc3C(=O)O)C2)CCC(NC2CCOCC2)C1. The smallest absolute Gasteiger partial charge is 0.416 e. The molecule has 1 saturated carbocycles. The van der Waals surface area contributed by atoms with Gasteiger partial charge in [0.2, 0.25) is 5.91 Å². The van der Waals surface area contributed by atoms with Crippen molar-refractivity contribution in [2.45, 2.75) is 70.3 Å². The maximum atomic E-state index is 13.4. The molecular weight excluding hydrogens is 425 g/mol. The summed E-state index contributed by atoms with van der Waals surface area (Å²) in [5.41, 5.74) is -1.22. The zero-order chi connectivity index (χ0) is 23.1. The molecule has 1 aromatic carbocycles. The van der Waals surface area contributed by atoms with Crippen LogP contribution in [0.3, 0.4) is 0 Å². The first kappa shape index (κ1) is 23.0. The summed E-state index contributed by atoms with van der Waals surface area (Å²) in [4.78, 5) is 26.6. The molecule has 1 unspecified atom stereocenters. The number of fused-ring (bicyclic) bond motifs is 1. The van der Waals surface area contributed by atoms with Crippen LogP contribution in [0, 0.1) is 5.41 Å². The van der Waals surface area contributed by atoms with E-state index in [1.165, 1.54) is 0 Å². The maximum Gasteiger partial charge on any atom is 0.416 e. The van der Waals surface area contributed by atoms with Crippen LogP contribution in [0.5, 0.6) is 0 Å². The van der Waals surface area contributed by atoms with Crippen LogP contribution in [0.2, 0.25) is 0 Å². The van der Waals surface area contributed by atoms with E-state index in [9.17, 15) is 27.9 Å². The van der Waals surface area contributed by atoms with Gasteiger partial charge in [-0.2, -0.15) is 13.2 Å². The van der Waals surface area contributed by atoms with Crippen molar-refractivity contribution in [2.75, 3.05) is 19.8 Å². The molecule has 0 aromatic heterocycles. The molecule has 0 radical (unpaired) electrons. The van der Waals surface area contributed by atoms with Crippen LogP contribution in [-0.2, 0) is 28.7 Å². The van der Waals surface area contributed by atoms with Crippen LogP contribution in [0.4, 0.5) is 13.2 Å². The van der Waals surface area contributed by atoms with Gasteiger partial charge in [-0.25, -0.2) is 4.79 Å². The standard InChI is InChI=1S/C23H29F3N2O4/c1-22(6-2-17(12-22)27-16-4-8-32-9-5-16)21(31)28-7-3-18-14(13-28)10-15(23(24,25)26)11-19(18)20(29)30/h10-11,16-17,27H,2-9,12-13H2,1H3,(H,29,30)/t17?,22-/m0/s1. The number of alkyl halides is 3. The monoisotopic (exact) mass is 454 g/mol. The van der Waals surface area contributed by atoms with Crippen molar-refractivity contribution >= 4 is 11.9 Å². The number of amides is 1. The zero-order valence-electron chi connectivity index (χ0n) is 18.1. The number of nitrogens with zero attached hydrogens (tertiary/aromatic N) is 1. The summed E-state index contributed by atoms with van der Waals surface area (Å²) in [5.74, 6) is -1.44. The summed E-state index contributed by atoms with van der Waals surface area (Å²) in [5, 5.41) is 13.1. The van der Waals surface area contributed by atoms with Crippen LogP contribution in [-0.4, -0.2) is 53.7 Å². The predicted molar refractivity (Wildman–Crippen MR) is 110 cm³/mol. The van der Waals surface area contributed by atoms with Crippen molar-refractivity contribution < 1.29 is 32.6 Å². The predicted octanol–water partition coefficient (Wildman–Crippen LogP) is 3.62. The number of carboxylic acid groups (broad SMARTS) is 1. The van der Waals surface area contributed by atoms with Crippen LogP contribution in [0.15, 0.2) is 12.1 Å². The average Bonchev–Trinajstić information content (AvgIpc) is 3.13. The molecule has 0 bridgehead atoms. The summed E-state index contributed by atoms with van der Waals surface area (Å²) in [6.45, 7) is 3.74. The van der Waals surface area contributed by atoms with Crippen LogP contribution < -0.4 is 5.32 Å². The highest BCUT2D eigenvalue weighted by molar-refractivity contribution is 5.90. The molecule has 1 aliphatic carbocycles. The lowest BCUT2D eigenvalue weighted by molar-refractivity contribution is -0.142. The fourth-order valence-corrected chi connectivity index (χ4v) is 5.38. The lowest BCUT2D eigenvalue weighted by Gasteiger charge is -2.36. The molecule has 0 spiro atoms. The van der Waals surface area contributed by atoms with E-state index in [0.29, 0.717) is 30.6 Å². The first-order valence-corrected chi connectivity index (χ1v) is 11.2. The molecule has 2 atom stereocenters. The second-order valence-electron chi connectivity index (χ2n) is 9.49. The van der Waals surface area contributed by atoms with E-state index >= 15 is 0 Å². The van der Waals surface area contributed by atoms with Gasteiger partial charge >= 0.3 is 12.1 Å². The lowest BCUT2D eigenvalue weighted by atomic mass is 9.85. The van der Waals surface area contributed by atoms with Gasteiger partial charge in [-0.15, -0.1) is 0 Å². The molecule has 2 aliphatic heterocycles. The first-order valence-electron chi connectivity index (χ1n) is 11.2. The second-order valence-corrected chi connectivity index (χ2v) is 9.49. The van der Waals surface area contributed by atoms with Gasteiger partial charge in [0, 0.05) is 43.8 Å². The molecule has 2 heterocycles. The Morgan fingerprint density at radius 1 is 1.19 bits per heavy atom. The van der Waals surface area contributed by atoms with E-state index in [-0.39, 0.29) is 36.0 Å². The Kier molecular flexibility index (Phi) is 6.24. The number of hydrogen-bond donors (Lipinski definition) is 2. The molecule has 1 amide bonds. The van der Waals surface area contributed by atoms with Crippen LogP contribution in [0.1, 0.15) is 66.1 Å².